The Bertz CT molecular complexity index is 1210. The van der Waals surface area contributed by atoms with E-state index in [0.29, 0.717) is 27.3 Å². The number of pyridine rings is 1. The van der Waals surface area contributed by atoms with Crippen molar-refractivity contribution in [2.24, 2.45) is 0 Å². The van der Waals surface area contributed by atoms with Crippen molar-refractivity contribution in [1.29, 1.82) is 0 Å². The molecule has 0 spiro atoms. The number of hydrogen-bond acceptors (Lipinski definition) is 8. The zero-order valence-corrected chi connectivity index (χ0v) is 16.8. The molecule has 0 unspecified atom stereocenters. The summed E-state index contributed by atoms with van der Waals surface area (Å²) in [6.07, 6.45) is 0. The van der Waals surface area contributed by atoms with Gasteiger partial charge in [-0.2, -0.15) is 0 Å². The zero-order valence-electron chi connectivity index (χ0n) is 16.0. The Kier molecular flexibility index (Phi) is 4.67. The molecule has 0 amide bonds. The molecule has 4 rings (SSSR count). The molecule has 8 nitrogen and oxygen atoms in total. The number of thiophene rings is 1. The highest BCUT2D eigenvalue weighted by atomic mass is 32.1. The van der Waals surface area contributed by atoms with Gasteiger partial charge in [-0.05, 0) is 34.9 Å². The Morgan fingerprint density at radius 1 is 1.24 bits per heavy atom. The number of rotatable bonds is 5. The van der Waals surface area contributed by atoms with Crippen LogP contribution in [0, 0.1) is 0 Å². The number of aromatic nitrogens is 3. The van der Waals surface area contributed by atoms with Gasteiger partial charge in [0.05, 0.1) is 18.1 Å². The zero-order chi connectivity index (χ0) is 20.7. The lowest BCUT2D eigenvalue weighted by atomic mass is 10.1. The lowest BCUT2D eigenvalue weighted by Crippen LogP contribution is -2.39. The molecule has 0 saturated carbocycles. The standard InChI is InChI=1S/C20H18N4O4S/c1-10(2)14-9-8-13-15(21)18(29-19(13)22-14)17(25)16-20(26)28-23-24(16)11-4-6-12(27-3)7-5-11/h4-10H,1-3H3,(H2-,21,23,25,26). The van der Waals surface area contributed by atoms with Crippen molar-refractivity contribution in [1.82, 2.24) is 10.3 Å². The van der Waals surface area contributed by atoms with Crippen LogP contribution in [0.25, 0.3) is 15.9 Å². The van der Waals surface area contributed by atoms with Crippen LogP contribution < -0.4 is 20.3 Å². The van der Waals surface area contributed by atoms with E-state index in [4.69, 9.17) is 15.0 Å². The van der Waals surface area contributed by atoms with E-state index in [0.717, 1.165) is 17.0 Å². The molecule has 29 heavy (non-hydrogen) atoms. The minimum absolute atomic E-state index is 0.225. The molecule has 0 radical (unpaired) electrons. The van der Waals surface area contributed by atoms with Gasteiger partial charge in [-0.15, -0.1) is 11.3 Å². The van der Waals surface area contributed by atoms with Crippen molar-refractivity contribution in [3.05, 3.63) is 52.7 Å². The average Bonchev–Trinajstić information content (AvgIpc) is 3.27. The van der Waals surface area contributed by atoms with Gasteiger partial charge in [-0.1, -0.05) is 13.8 Å². The number of nitrogen functional groups attached to an aromatic ring is 1. The summed E-state index contributed by atoms with van der Waals surface area (Å²) < 4.78 is 11.1. The summed E-state index contributed by atoms with van der Waals surface area (Å²) in [7, 11) is 1.55. The molecule has 4 aromatic rings. The number of ether oxygens (including phenoxy) is 1. The van der Waals surface area contributed by atoms with Gasteiger partial charge in [0.25, 0.3) is 5.78 Å². The van der Waals surface area contributed by atoms with Gasteiger partial charge in [0.15, 0.2) is 5.95 Å². The molecule has 1 aromatic carbocycles. The quantitative estimate of drug-likeness (QED) is 0.397. The van der Waals surface area contributed by atoms with Gasteiger partial charge in [0.1, 0.15) is 15.5 Å². The van der Waals surface area contributed by atoms with E-state index in [9.17, 15) is 9.90 Å². The number of ketones is 1. The maximum Gasteiger partial charge on any atom is 0.312 e. The van der Waals surface area contributed by atoms with Gasteiger partial charge in [0, 0.05) is 23.2 Å². The predicted molar refractivity (Wildman–Crippen MR) is 106 cm³/mol. The Morgan fingerprint density at radius 2 is 1.97 bits per heavy atom. The third-order valence-corrected chi connectivity index (χ3v) is 5.67. The molecule has 9 heteroatoms. The smallest absolute Gasteiger partial charge is 0.312 e. The summed E-state index contributed by atoms with van der Waals surface area (Å²) in [4.78, 5) is 18.7. The van der Waals surface area contributed by atoms with Crippen LogP contribution in [0.2, 0.25) is 0 Å². The molecule has 148 valence electrons. The number of carbonyl (C=O) groups is 1. The molecule has 0 aliphatic heterocycles. The van der Waals surface area contributed by atoms with Gasteiger partial charge >= 0.3 is 5.69 Å². The van der Waals surface area contributed by atoms with Crippen LogP contribution in [-0.4, -0.2) is 23.1 Å². The number of hydrogen-bond donors (Lipinski definition) is 1. The second-order valence-corrected chi connectivity index (χ2v) is 7.74. The van der Waals surface area contributed by atoms with Crippen molar-refractivity contribution in [3.8, 4) is 17.4 Å². The van der Waals surface area contributed by atoms with Crippen molar-refractivity contribution < 1.29 is 23.8 Å². The van der Waals surface area contributed by atoms with Gasteiger partial charge in [-0.25, -0.2) is 4.98 Å². The lowest BCUT2D eigenvalue weighted by Gasteiger charge is -2.02. The lowest BCUT2D eigenvalue weighted by molar-refractivity contribution is -0.672. The molecule has 0 saturated heterocycles. The van der Waals surface area contributed by atoms with Crippen LogP contribution >= 0.6 is 11.3 Å². The number of methoxy groups -OCH3 is 1. The summed E-state index contributed by atoms with van der Waals surface area (Å²) in [6.45, 7) is 4.08. The number of fused-ring (bicyclic) bond motifs is 1. The fourth-order valence-electron chi connectivity index (χ4n) is 2.95. The number of nitrogens with two attached hydrogens (primary N) is 1. The summed E-state index contributed by atoms with van der Waals surface area (Å²) in [5.74, 6) is -0.517. The number of benzene rings is 1. The summed E-state index contributed by atoms with van der Waals surface area (Å²) in [5, 5.41) is 16.7. The predicted octanol–water partition coefficient (Wildman–Crippen LogP) is 2.58. The number of anilines is 1. The summed E-state index contributed by atoms with van der Waals surface area (Å²) in [6, 6.07) is 10.5. The fraction of sp³-hybridized carbons (Fsp3) is 0.200. The van der Waals surface area contributed by atoms with Crippen LogP contribution in [0.4, 0.5) is 5.69 Å². The van der Waals surface area contributed by atoms with E-state index >= 15 is 0 Å². The largest absolute Gasteiger partial charge is 0.539 e. The molecule has 3 aromatic heterocycles. The van der Waals surface area contributed by atoms with Gasteiger partial charge in [0.2, 0.25) is 5.69 Å². The van der Waals surface area contributed by atoms with E-state index in [1.807, 2.05) is 26.0 Å². The topological polar surface area (TPSA) is 118 Å². The Balaban J connectivity index is 1.81. The first-order valence-corrected chi connectivity index (χ1v) is 9.69. The molecule has 2 N–H and O–H groups in total. The third-order valence-electron chi connectivity index (χ3n) is 4.56. The van der Waals surface area contributed by atoms with E-state index in [-0.39, 0.29) is 16.5 Å². The maximum absolute atomic E-state index is 13.2. The highest BCUT2D eigenvalue weighted by Gasteiger charge is 2.32. The highest BCUT2D eigenvalue weighted by Crippen LogP contribution is 2.35. The molecular weight excluding hydrogens is 392 g/mol. The molecular formula is C20H18N4O4S. The SMILES string of the molecule is COc1ccc(-[n+]2noc([O-])c2C(=O)c2sc3nc(C(C)C)ccc3c2N)cc1. The van der Waals surface area contributed by atoms with Crippen LogP contribution in [0.3, 0.4) is 0 Å². The second kappa shape index (κ2) is 7.17. The van der Waals surface area contributed by atoms with Crippen molar-refractivity contribution in [3.63, 3.8) is 0 Å². The molecule has 0 bridgehead atoms. The first-order chi connectivity index (χ1) is 13.9. The third kappa shape index (κ3) is 3.19. The molecule has 0 aliphatic rings. The van der Waals surface area contributed by atoms with E-state index in [1.165, 1.54) is 4.68 Å². The Labute approximate surface area is 170 Å². The Morgan fingerprint density at radius 3 is 2.62 bits per heavy atom. The number of carbonyl (C=O) groups excluding carboxylic acids is 1. The maximum atomic E-state index is 13.2. The van der Waals surface area contributed by atoms with Crippen molar-refractivity contribution >= 4 is 33.0 Å². The van der Waals surface area contributed by atoms with Crippen LogP contribution in [0.1, 0.15) is 40.8 Å². The van der Waals surface area contributed by atoms with Gasteiger partial charge in [-0.3, -0.25) is 4.79 Å². The summed E-state index contributed by atoms with van der Waals surface area (Å²) >= 11 is 1.15. The molecule has 3 heterocycles. The van der Waals surface area contributed by atoms with Crippen molar-refractivity contribution in [2.75, 3.05) is 12.8 Å². The second-order valence-electron chi connectivity index (χ2n) is 6.74. The highest BCUT2D eigenvalue weighted by molar-refractivity contribution is 7.21. The van der Waals surface area contributed by atoms with Crippen molar-refractivity contribution in [2.45, 2.75) is 19.8 Å². The Hall–Kier alpha value is -3.46. The number of nitrogens with zero attached hydrogens (tertiary/aromatic N) is 3. The minimum atomic E-state index is -0.835. The monoisotopic (exact) mass is 410 g/mol. The average molecular weight is 410 g/mol. The molecule has 0 aliphatic carbocycles. The minimum Gasteiger partial charge on any atom is -0.539 e. The van der Waals surface area contributed by atoms with Gasteiger partial charge < -0.3 is 20.1 Å². The molecule has 0 atom stereocenters. The normalized spacial score (nSPS) is 11.3. The van der Waals surface area contributed by atoms with E-state index < -0.39 is 11.7 Å². The van der Waals surface area contributed by atoms with E-state index in [2.05, 4.69) is 10.3 Å². The van der Waals surface area contributed by atoms with E-state index in [1.54, 1.807) is 31.4 Å². The summed E-state index contributed by atoms with van der Waals surface area (Å²) in [5.41, 5.74) is 7.68. The first kappa shape index (κ1) is 18.9. The first-order valence-electron chi connectivity index (χ1n) is 8.87. The molecule has 0 fully saturated rings. The van der Waals surface area contributed by atoms with Crippen LogP contribution in [0.15, 0.2) is 40.9 Å². The van der Waals surface area contributed by atoms with Crippen LogP contribution in [0.5, 0.6) is 11.7 Å². The fourth-order valence-corrected chi connectivity index (χ4v) is 3.99. The van der Waals surface area contributed by atoms with Crippen LogP contribution in [-0.2, 0) is 0 Å².